The Morgan fingerprint density at radius 1 is 1.59 bits per heavy atom. The van der Waals surface area contributed by atoms with E-state index in [2.05, 4.69) is 10.2 Å². The van der Waals surface area contributed by atoms with Crippen LogP contribution in [0.2, 0.25) is 0 Å². The van der Waals surface area contributed by atoms with Crippen molar-refractivity contribution in [3.05, 3.63) is 0 Å². The number of hydrogen-bond acceptors (Lipinski definition) is 7. The van der Waals surface area contributed by atoms with Crippen LogP contribution in [0.5, 0.6) is 0 Å². The van der Waals surface area contributed by atoms with E-state index < -0.39 is 18.4 Å². The van der Waals surface area contributed by atoms with Gasteiger partial charge in [0, 0.05) is 18.1 Å². The SMILES string of the molecule is CNCC(CO)OC(CSCCC(=O)O)ON. The molecule has 0 amide bonds. The van der Waals surface area contributed by atoms with Gasteiger partial charge in [-0.05, 0) is 7.05 Å². The van der Waals surface area contributed by atoms with E-state index in [1.807, 2.05) is 0 Å². The van der Waals surface area contributed by atoms with Crippen molar-refractivity contribution < 1.29 is 24.6 Å². The van der Waals surface area contributed by atoms with Crippen molar-refractivity contribution in [2.24, 2.45) is 5.90 Å². The monoisotopic (exact) mass is 268 g/mol. The molecule has 0 aromatic carbocycles. The number of carboxylic acid groups (broad SMARTS) is 1. The molecule has 102 valence electrons. The van der Waals surface area contributed by atoms with Crippen LogP contribution in [0.1, 0.15) is 6.42 Å². The Balaban J connectivity index is 3.77. The molecule has 5 N–H and O–H groups in total. The molecule has 0 bridgehead atoms. The highest BCUT2D eigenvalue weighted by Gasteiger charge is 2.15. The minimum atomic E-state index is -0.841. The fraction of sp³-hybridized carbons (Fsp3) is 0.889. The topological polar surface area (TPSA) is 114 Å². The zero-order chi connectivity index (χ0) is 13.1. The largest absolute Gasteiger partial charge is 0.481 e. The zero-order valence-electron chi connectivity index (χ0n) is 9.80. The molecule has 0 aliphatic carbocycles. The summed E-state index contributed by atoms with van der Waals surface area (Å²) in [6.07, 6.45) is -0.963. The van der Waals surface area contributed by atoms with Crippen LogP contribution in [0, 0.1) is 0 Å². The predicted octanol–water partition coefficient (Wildman–Crippen LogP) is -0.992. The Morgan fingerprint density at radius 2 is 2.29 bits per heavy atom. The van der Waals surface area contributed by atoms with Gasteiger partial charge in [-0.25, -0.2) is 5.90 Å². The number of aliphatic carboxylic acids is 1. The third kappa shape index (κ3) is 9.33. The average molecular weight is 268 g/mol. The third-order valence-electron chi connectivity index (χ3n) is 1.85. The van der Waals surface area contributed by atoms with Gasteiger partial charge in [-0.3, -0.25) is 9.63 Å². The molecule has 0 saturated carbocycles. The zero-order valence-corrected chi connectivity index (χ0v) is 10.6. The summed E-state index contributed by atoms with van der Waals surface area (Å²) < 4.78 is 5.37. The molecule has 7 nitrogen and oxygen atoms in total. The second-order valence-corrected chi connectivity index (χ2v) is 4.43. The van der Waals surface area contributed by atoms with Gasteiger partial charge >= 0.3 is 5.97 Å². The highest BCUT2D eigenvalue weighted by atomic mass is 32.2. The molecule has 0 aliphatic rings. The van der Waals surface area contributed by atoms with E-state index in [-0.39, 0.29) is 13.0 Å². The minimum absolute atomic E-state index is 0.0852. The van der Waals surface area contributed by atoms with Gasteiger partial charge in [-0.1, -0.05) is 0 Å². The van der Waals surface area contributed by atoms with Crippen LogP contribution in [0.15, 0.2) is 0 Å². The standard InChI is InChI=1S/C9H20N2O5S/c1-11-4-7(5-12)15-9(16-10)6-17-3-2-8(13)14/h7,9,11-12H,2-6,10H2,1H3,(H,13,14). The van der Waals surface area contributed by atoms with Crippen LogP contribution in [-0.2, 0) is 14.4 Å². The van der Waals surface area contributed by atoms with Crippen molar-refractivity contribution in [1.82, 2.24) is 5.32 Å². The molecule has 2 unspecified atom stereocenters. The van der Waals surface area contributed by atoms with E-state index in [0.29, 0.717) is 18.1 Å². The number of rotatable bonds is 11. The molecule has 17 heavy (non-hydrogen) atoms. The molecule has 0 rings (SSSR count). The lowest BCUT2D eigenvalue weighted by Gasteiger charge is -2.21. The second-order valence-electron chi connectivity index (χ2n) is 3.28. The van der Waals surface area contributed by atoms with Gasteiger partial charge in [0.25, 0.3) is 0 Å². The molecule has 2 atom stereocenters. The summed E-state index contributed by atoms with van der Waals surface area (Å²) >= 11 is 1.37. The molecule has 0 spiro atoms. The number of carboxylic acids is 1. The van der Waals surface area contributed by atoms with Gasteiger partial charge < -0.3 is 20.3 Å². The minimum Gasteiger partial charge on any atom is -0.481 e. The Labute approximate surface area is 105 Å². The molecule has 0 aliphatic heterocycles. The molecular formula is C9H20N2O5S. The van der Waals surface area contributed by atoms with Crippen molar-refractivity contribution in [2.45, 2.75) is 18.8 Å². The van der Waals surface area contributed by atoms with E-state index in [1.54, 1.807) is 7.05 Å². The average Bonchev–Trinajstić information content (AvgIpc) is 2.31. The quantitative estimate of drug-likeness (QED) is 0.214. The van der Waals surface area contributed by atoms with Crippen LogP contribution in [0.25, 0.3) is 0 Å². The van der Waals surface area contributed by atoms with Gasteiger partial charge in [0.1, 0.15) is 0 Å². The van der Waals surface area contributed by atoms with Crippen molar-refractivity contribution in [3.8, 4) is 0 Å². The highest BCUT2D eigenvalue weighted by molar-refractivity contribution is 7.99. The lowest BCUT2D eigenvalue weighted by atomic mass is 10.4. The Bertz CT molecular complexity index is 208. The highest BCUT2D eigenvalue weighted by Crippen LogP contribution is 2.09. The molecule has 0 aromatic heterocycles. The molecule has 0 saturated heterocycles. The molecule has 0 radical (unpaired) electrons. The Morgan fingerprint density at radius 3 is 2.76 bits per heavy atom. The van der Waals surface area contributed by atoms with Crippen LogP contribution >= 0.6 is 11.8 Å². The first-order valence-corrected chi connectivity index (χ1v) is 6.35. The lowest BCUT2D eigenvalue weighted by molar-refractivity contribution is -0.166. The van der Waals surface area contributed by atoms with Gasteiger partial charge in [0.2, 0.25) is 0 Å². The van der Waals surface area contributed by atoms with Crippen LogP contribution < -0.4 is 11.2 Å². The molecular weight excluding hydrogens is 248 g/mol. The number of aliphatic hydroxyl groups excluding tert-OH is 1. The fourth-order valence-electron chi connectivity index (χ4n) is 1.05. The number of carbonyl (C=O) groups is 1. The van der Waals surface area contributed by atoms with Gasteiger partial charge in [0.15, 0.2) is 6.29 Å². The third-order valence-corrected chi connectivity index (χ3v) is 2.85. The van der Waals surface area contributed by atoms with Crippen molar-refractivity contribution >= 4 is 17.7 Å². The first-order chi connectivity index (χ1) is 8.13. The summed E-state index contributed by atoms with van der Waals surface area (Å²) in [5, 5.41) is 20.3. The number of ether oxygens (including phenoxy) is 1. The predicted molar refractivity (Wildman–Crippen MR) is 64.5 cm³/mol. The number of thioether (sulfide) groups is 1. The van der Waals surface area contributed by atoms with Crippen LogP contribution in [0.3, 0.4) is 0 Å². The number of nitrogens with one attached hydrogen (secondary N) is 1. The lowest BCUT2D eigenvalue weighted by Crippen LogP contribution is -2.36. The number of likely N-dealkylation sites (N-methyl/N-ethyl adjacent to an activating group) is 1. The van der Waals surface area contributed by atoms with E-state index in [1.165, 1.54) is 11.8 Å². The Kier molecular flexibility index (Phi) is 10.5. The van der Waals surface area contributed by atoms with Gasteiger partial charge in [0.05, 0.1) is 19.1 Å². The molecule has 8 heteroatoms. The first-order valence-electron chi connectivity index (χ1n) is 5.20. The number of nitrogens with two attached hydrogens (primary N) is 1. The van der Waals surface area contributed by atoms with Gasteiger partial charge in [-0.2, -0.15) is 11.8 Å². The summed E-state index contributed by atoms with van der Waals surface area (Å²) in [5.74, 6) is 5.10. The maximum Gasteiger partial charge on any atom is 0.304 e. The number of aliphatic hydroxyl groups is 1. The smallest absolute Gasteiger partial charge is 0.304 e. The molecule has 0 heterocycles. The van der Waals surface area contributed by atoms with Crippen molar-refractivity contribution in [1.29, 1.82) is 0 Å². The van der Waals surface area contributed by atoms with Crippen molar-refractivity contribution in [3.63, 3.8) is 0 Å². The summed E-state index contributed by atoms with van der Waals surface area (Å²) in [6.45, 7) is 0.344. The maximum absolute atomic E-state index is 10.3. The van der Waals surface area contributed by atoms with Gasteiger partial charge in [-0.15, -0.1) is 0 Å². The summed E-state index contributed by atoms with van der Waals surface area (Å²) in [7, 11) is 1.74. The maximum atomic E-state index is 10.3. The molecule has 0 aromatic rings. The fourth-order valence-corrected chi connectivity index (χ4v) is 1.88. The van der Waals surface area contributed by atoms with Crippen LogP contribution in [0.4, 0.5) is 0 Å². The van der Waals surface area contributed by atoms with E-state index >= 15 is 0 Å². The molecule has 0 fully saturated rings. The van der Waals surface area contributed by atoms with E-state index in [9.17, 15) is 4.79 Å². The first kappa shape index (κ1) is 16.6. The van der Waals surface area contributed by atoms with E-state index in [0.717, 1.165) is 0 Å². The van der Waals surface area contributed by atoms with Crippen LogP contribution in [-0.4, -0.2) is 60.3 Å². The second kappa shape index (κ2) is 10.8. The van der Waals surface area contributed by atoms with E-state index in [4.69, 9.17) is 20.8 Å². The van der Waals surface area contributed by atoms with Crippen molar-refractivity contribution in [2.75, 3.05) is 31.7 Å². The summed E-state index contributed by atoms with van der Waals surface area (Å²) in [6, 6.07) is 0. The number of hydrogen-bond donors (Lipinski definition) is 4. The summed E-state index contributed by atoms with van der Waals surface area (Å²) in [5.41, 5.74) is 0. The normalized spacial score (nSPS) is 14.5. The summed E-state index contributed by atoms with van der Waals surface area (Å²) in [4.78, 5) is 14.9. The Hall–Kier alpha value is -0.380.